The van der Waals surface area contributed by atoms with Gasteiger partial charge in [-0.25, -0.2) is 9.48 Å². The lowest BCUT2D eigenvalue weighted by Gasteiger charge is -2.23. The Hall–Kier alpha value is -4.10. The molecule has 0 radical (unpaired) electrons. The maximum absolute atomic E-state index is 13.4. The van der Waals surface area contributed by atoms with E-state index in [0.717, 1.165) is 16.8 Å². The molecule has 1 aromatic heterocycles. The summed E-state index contributed by atoms with van der Waals surface area (Å²) in [6.07, 6.45) is 0. The monoisotopic (exact) mass is 529 g/mol. The van der Waals surface area contributed by atoms with Crippen molar-refractivity contribution in [2.24, 2.45) is 0 Å². The van der Waals surface area contributed by atoms with Crippen molar-refractivity contribution < 1.29 is 9.59 Å². The van der Waals surface area contributed by atoms with Gasteiger partial charge in [0, 0.05) is 23.7 Å². The zero-order valence-corrected chi connectivity index (χ0v) is 22.8. The van der Waals surface area contributed by atoms with E-state index < -0.39 is 0 Å². The lowest BCUT2D eigenvalue weighted by Crippen LogP contribution is -2.40. The van der Waals surface area contributed by atoms with Crippen molar-refractivity contribution in [2.75, 3.05) is 17.2 Å². The number of nitrogens with one attached hydrogen (secondary N) is 2. The van der Waals surface area contributed by atoms with Crippen molar-refractivity contribution in [2.45, 2.75) is 39.7 Å². The van der Waals surface area contributed by atoms with Crippen LogP contribution >= 0.6 is 11.6 Å². The predicted octanol–water partition coefficient (Wildman–Crippen LogP) is 6.80. The van der Waals surface area contributed by atoms with Crippen molar-refractivity contribution in [3.63, 3.8) is 0 Å². The first-order chi connectivity index (χ1) is 18.1. The SMILES string of the molecule is Cc1ccccc1NC(=O)N(CC(=O)Nc1cc(C(C)(C)C)nn1-c1ccccc1Cl)Cc1ccccc1. The second-order valence-electron chi connectivity index (χ2n) is 10.2. The van der Waals surface area contributed by atoms with Crippen molar-refractivity contribution in [1.29, 1.82) is 0 Å². The number of nitrogens with zero attached hydrogens (tertiary/aromatic N) is 3. The highest BCUT2D eigenvalue weighted by atomic mass is 35.5. The third kappa shape index (κ3) is 6.61. The molecule has 196 valence electrons. The van der Waals surface area contributed by atoms with Gasteiger partial charge >= 0.3 is 6.03 Å². The van der Waals surface area contributed by atoms with Crippen LogP contribution in [0.15, 0.2) is 84.9 Å². The number of halogens is 1. The molecule has 0 aliphatic heterocycles. The van der Waals surface area contributed by atoms with E-state index in [1.807, 2.05) is 85.8 Å². The van der Waals surface area contributed by atoms with Gasteiger partial charge in [0.15, 0.2) is 0 Å². The number of rotatable bonds is 7. The molecule has 7 nitrogen and oxygen atoms in total. The fourth-order valence-corrected chi connectivity index (χ4v) is 4.13. The molecule has 3 amide bonds. The molecule has 4 aromatic rings. The van der Waals surface area contributed by atoms with Crippen LogP contribution in [0.3, 0.4) is 0 Å². The molecule has 0 saturated heterocycles. The van der Waals surface area contributed by atoms with Crippen LogP contribution in [0.25, 0.3) is 5.69 Å². The first kappa shape index (κ1) is 26.9. The van der Waals surface area contributed by atoms with E-state index in [2.05, 4.69) is 31.4 Å². The molecular formula is C30H32ClN5O2. The standard InChI is InChI=1S/C30H32ClN5O2/c1-21-12-8-10-16-24(21)32-29(38)35(19-22-13-6-5-7-14-22)20-28(37)33-27-18-26(30(2,3)4)34-36(27)25-17-11-9-15-23(25)31/h5-18H,19-20H2,1-4H3,(H,32,38)(H,33,37). The van der Waals surface area contributed by atoms with E-state index in [1.165, 1.54) is 4.90 Å². The zero-order chi connectivity index (χ0) is 27.3. The molecule has 0 unspecified atom stereocenters. The number of amides is 3. The summed E-state index contributed by atoms with van der Waals surface area (Å²) >= 11 is 6.46. The summed E-state index contributed by atoms with van der Waals surface area (Å²) in [6, 6.07) is 25.9. The topological polar surface area (TPSA) is 79.3 Å². The molecule has 0 atom stereocenters. The van der Waals surface area contributed by atoms with Gasteiger partial charge in [0.05, 0.1) is 16.4 Å². The smallest absolute Gasteiger partial charge is 0.311 e. The minimum Gasteiger partial charge on any atom is -0.311 e. The van der Waals surface area contributed by atoms with Crippen LogP contribution in [0, 0.1) is 6.92 Å². The van der Waals surface area contributed by atoms with Gasteiger partial charge in [0.1, 0.15) is 12.4 Å². The molecule has 3 aromatic carbocycles. The number of hydrogen-bond donors (Lipinski definition) is 2. The molecule has 0 aliphatic carbocycles. The third-order valence-electron chi connectivity index (χ3n) is 6.05. The van der Waals surface area contributed by atoms with Crippen molar-refractivity contribution >= 4 is 35.0 Å². The number of aryl methyl sites for hydroxylation is 1. The Bertz CT molecular complexity index is 1430. The molecular weight excluding hydrogens is 498 g/mol. The maximum atomic E-state index is 13.4. The summed E-state index contributed by atoms with van der Waals surface area (Å²) in [5.41, 5.74) is 3.74. The van der Waals surface area contributed by atoms with Crippen molar-refractivity contribution in [1.82, 2.24) is 14.7 Å². The number of hydrogen-bond acceptors (Lipinski definition) is 3. The molecule has 8 heteroatoms. The van der Waals surface area contributed by atoms with Gasteiger partial charge in [-0.2, -0.15) is 5.10 Å². The lowest BCUT2D eigenvalue weighted by molar-refractivity contribution is -0.116. The van der Waals surface area contributed by atoms with Crippen LogP contribution in [0.2, 0.25) is 5.02 Å². The Labute approximate surface area is 228 Å². The molecule has 0 spiro atoms. The summed E-state index contributed by atoms with van der Waals surface area (Å²) in [5.74, 6) is 0.126. The zero-order valence-electron chi connectivity index (χ0n) is 22.0. The average molecular weight is 530 g/mol. The second-order valence-corrected chi connectivity index (χ2v) is 10.6. The fraction of sp³-hybridized carbons (Fsp3) is 0.233. The van der Waals surface area contributed by atoms with Crippen molar-refractivity contribution in [3.05, 3.63) is 107 Å². The molecule has 0 bridgehead atoms. The number of carbonyl (C=O) groups excluding carboxylic acids is 2. The number of anilines is 2. The van der Waals surface area contributed by atoms with Gasteiger partial charge in [0.2, 0.25) is 5.91 Å². The molecule has 1 heterocycles. The Morgan fingerprint density at radius 3 is 2.26 bits per heavy atom. The summed E-state index contributed by atoms with van der Waals surface area (Å²) in [7, 11) is 0. The molecule has 2 N–H and O–H groups in total. The normalized spacial score (nSPS) is 11.2. The number of benzene rings is 3. The van der Waals surface area contributed by atoms with E-state index in [9.17, 15) is 9.59 Å². The van der Waals surface area contributed by atoms with Crippen LogP contribution in [-0.2, 0) is 16.8 Å². The van der Waals surface area contributed by atoms with E-state index in [0.29, 0.717) is 22.2 Å². The van der Waals surface area contributed by atoms with Gasteiger partial charge in [0.25, 0.3) is 0 Å². The predicted molar refractivity (Wildman–Crippen MR) is 153 cm³/mol. The summed E-state index contributed by atoms with van der Waals surface area (Å²) < 4.78 is 1.63. The van der Waals surface area contributed by atoms with Gasteiger partial charge in [-0.15, -0.1) is 0 Å². The first-order valence-corrected chi connectivity index (χ1v) is 12.8. The van der Waals surface area contributed by atoms with E-state index >= 15 is 0 Å². The number of carbonyl (C=O) groups is 2. The van der Waals surface area contributed by atoms with E-state index in [1.54, 1.807) is 10.7 Å². The Morgan fingerprint density at radius 1 is 0.921 bits per heavy atom. The maximum Gasteiger partial charge on any atom is 0.322 e. The number of para-hydroxylation sites is 2. The van der Waals surface area contributed by atoms with Crippen LogP contribution in [-0.4, -0.2) is 33.2 Å². The highest BCUT2D eigenvalue weighted by Gasteiger charge is 2.24. The Morgan fingerprint density at radius 2 is 1.58 bits per heavy atom. The van der Waals surface area contributed by atoms with Crippen LogP contribution in [0.1, 0.15) is 37.6 Å². The highest BCUT2D eigenvalue weighted by molar-refractivity contribution is 6.32. The minimum absolute atomic E-state index is 0.162. The Kier molecular flexibility index (Phi) is 8.17. The summed E-state index contributed by atoms with van der Waals surface area (Å²) in [6.45, 7) is 8.18. The van der Waals surface area contributed by atoms with E-state index in [4.69, 9.17) is 16.7 Å². The second kappa shape index (κ2) is 11.5. The van der Waals surface area contributed by atoms with Gasteiger partial charge in [-0.1, -0.05) is 93.0 Å². The van der Waals surface area contributed by atoms with Crippen LogP contribution in [0.5, 0.6) is 0 Å². The third-order valence-corrected chi connectivity index (χ3v) is 6.37. The van der Waals surface area contributed by atoms with E-state index in [-0.39, 0.29) is 30.4 Å². The molecule has 4 rings (SSSR count). The number of urea groups is 1. The van der Waals surface area contributed by atoms with Gasteiger partial charge in [-0.05, 0) is 36.2 Å². The van der Waals surface area contributed by atoms with Crippen LogP contribution in [0.4, 0.5) is 16.3 Å². The highest BCUT2D eigenvalue weighted by Crippen LogP contribution is 2.29. The molecule has 0 fully saturated rings. The molecule has 38 heavy (non-hydrogen) atoms. The van der Waals surface area contributed by atoms with Crippen LogP contribution < -0.4 is 10.6 Å². The van der Waals surface area contributed by atoms with Crippen molar-refractivity contribution in [3.8, 4) is 5.69 Å². The minimum atomic E-state index is -0.367. The number of aromatic nitrogens is 2. The summed E-state index contributed by atoms with van der Waals surface area (Å²) in [5, 5.41) is 11.1. The quantitative estimate of drug-likeness (QED) is 0.276. The van der Waals surface area contributed by atoms with Gasteiger partial charge in [-0.3, -0.25) is 4.79 Å². The first-order valence-electron chi connectivity index (χ1n) is 12.4. The fourth-order valence-electron chi connectivity index (χ4n) is 3.91. The lowest BCUT2D eigenvalue weighted by atomic mass is 9.92. The largest absolute Gasteiger partial charge is 0.322 e. The Balaban J connectivity index is 1.60. The molecule has 0 saturated carbocycles. The molecule has 0 aliphatic rings. The average Bonchev–Trinajstić information content (AvgIpc) is 3.30. The van der Waals surface area contributed by atoms with Gasteiger partial charge < -0.3 is 15.5 Å². The summed E-state index contributed by atoms with van der Waals surface area (Å²) in [4.78, 5) is 28.2.